The van der Waals surface area contributed by atoms with Gasteiger partial charge in [-0.15, -0.1) is 0 Å². The van der Waals surface area contributed by atoms with Crippen molar-refractivity contribution in [2.75, 3.05) is 4.90 Å². The molecule has 3 nitrogen and oxygen atoms in total. The summed E-state index contributed by atoms with van der Waals surface area (Å²) in [5, 5.41) is 3.86. The molecular weight excluding hydrogens is 244 g/mol. The van der Waals surface area contributed by atoms with Crippen LogP contribution in [0.2, 0.25) is 0 Å². The Kier molecular flexibility index (Phi) is 2.82. The molecule has 1 aromatic carbocycles. The van der Waals surface area contributed by atoms with Crippen LogP contribution in [0.25, 0.3) is 0 Å². The Morgan fingerprint density at radius 2 is 2.00 bits per heavy atom. The molecule has 1 saturated heterocycles. The predicted molar refractivity (Wildman–Crippen MR) is 75.5 cm³/mol. The maximum atomic E-state index is 12.5. The average molecular weight is 260 g/mol. The van der Waals surface area contributed by atoms with Crippen molar-refractivity contribution >= 4 is 28.9 Å². The quantitative estimate of drug-likeness (QED) is 0.787. The molecule has 1 amide bonds. The summed E-state index contributed by atoms with van der Waals surface area (Å²) < 4.78 is 0. The second kappa shape index (κ2) is 4.35. The lowest BCUT2D eigenvalue weighted by Gasteiger charge is -2.36. The largest absolute Gasteiger partial charge is 0.358 e. The van der Waals surface area contributed by atoms with Gasteiger partial charge < -0.3 is 5.32 Å². The van der Waals surface area contributed by atoms with Gasteiger partial charge in [0.1, 0.15) is 0 Å². The molecule has 1 aliphatic heterocycles. The molecule has 3 rings (SSSR count). The standard InChI is InChI=1S/C14H16N2OS/c1-9-5-7-10(8-6-9)16-13(17)11-3-2-4-12(11)15-14(16)18/h5-8,11-12H,2-4H2,1H3,(H,15,18)/t11-,12+/m0/s1. The van der Waals surface area contributed by atoms with Crippen molar-refractivity contribution in [3.05, 3.63) is 29.8 Å². The molecule has 94 valence electrons. The Balaban J connectivity index is 1.93. The first-order chi connectivity index (χ1) is 8.66. The number of aryl methyl sites for hydroxylation is 1. The zero-order chi connectivity index (χ0) is 12.7. The summed E-state index contributed by atoms with van der Waals surface area (Å²) in [7, 11) is 0. The normalized spacial score (nSPS) is 27.1. The van der Waals surface area contributed by atoms with E-state index in [1.807, 2.05) is 31.2 Å². The van der Waals surface area contributed by atoms with E-state index < -0.39 is 0 Å². The fraction of sp³-hybridized carbons (Fsp3) is 0.429. The maximum Gasteiger partial charge on any atom is 0.238 e. The fourth-order valence-corrected chi connectivity index (χ4v) is 3.20. The summed E-state index contributed by atoms with van der Waals surface area (Å²) in [4.78, 5) is 14.2. The monoisotopic (exact) mass is 260 g/mol. The Morgan fingerprint density at radius 1 is 1.28 bits per heavy atom. The third-order valence-corrected chi connectivity index (χ3v) is 4.16. The Hall–Kier alpha value is -1.42. The number of carbonyl (C=O) groups is 1. The van der Waals surface area contributed by atoms with Gasteiger partial charge in [0.05, 0.1) is 11.6 Å². The molecule has 0 radical (unpaired) electrons. The lowest BCUT2D eigenvalue weighted by atomic mass is 9.99. The van der Waals surface area contributed by atoms with Gasteiger partial charge in [-0.2, -0.15) is 0 Å². The van der Waals surface area contributed by atoms with Crippen LogP contribution in [0.5, 0.6) is 0 Å². The van der Waals surface area contributed by atoms with Crippen molar-refractivity contribution in [1.29, 1.82) is 0 Å². The fourth-order valence-electron chi connectivity index (χ4n) is 2.86. The van der Waals surface area contributed by atoms with Gasteiger partial charge in [0, 0.05) is 6.04 Å². The van der Waals surface area contributed by atoms with Crippen molar-refractivity contribution in [3.8, 4) is 0 Å². The van der Waals surface area contributed by atoms with Crippen LogP contribution in [0.1, 0.15) is 24.8 Å². The Bertz CT molecular complexity index is 497. The molecule has 0 bridgehead atoms. The molecular formula is C14H16N2OS. The first-order valence-corrected chi connectivity index (χ1v) is 6.79. The summed E-state index contributed by atoms with van der Waals surface area (Å²) >= 11 is 5.34. The van der Waals surface area contributed by atoms with E-state index in [9.17, 15) is 4.79 Å². The summed E-state index contributed by atoms with van der Waals surface area (Å²) in [5.41, 5.74) is 2.05. The molecule has 1 aromatic rings. The molecule has 2 aliphatic rings. The van der Waals surface area contributed by atoms with Crippen LogP contribution >= 0.6 is 12.2 Å². The zero-order valence-electron chi connectivity index (χ0n) is 10.3. The van der Waals surface area contributed by atoms with Gasteiger partial charge in [0.2, 0.25) is 5.91 Å². The number of hydrogen-bond donors (Lipinski definition) is 1. The first kappa shape index (κ1) is 11.7. The third kappa shape index (κ3) is 1.81. The minimum Gasteiger partial charge on any atom is -0.358 e. The van der Waals surface area contributed by atoms with Crippen LogP contribution in [0.15, 0.2) is 24.3 Å². The van der Waals surface area contributed by atoms with Crippen molar-refractivity contribution in [2.24, 2.45) is 5.92 Å². The van der Waals surface area contributed by atoms with E-state index in [0.29, 0.717) is 5.11 Å². The predicted octanol–water partition coefficient (Wildman–Crippen LogP) is 2.38. The minimum atomic E-state index is 0.0954. The highest BCUT2D eigenvalue weighted by molar-refractivity contribution is 7.80. The van der Waals surface area contributed by atoms with Crippen molar-refractivity contribution in [3.63, 3.8) is 0 Å². The number of fused-ring (bicyclic) bond motifs is 1. The number of rotatable bonds is 1. The van der Waals surface area contributed by atoms with Crippen molar-refractivity contribution < 1.29 is 4.79 Å². The molecule has 1 aliphatic carbocycles. The van der Waals surface area contributed by atoms with E-state index in [-0.39, 0.29) is 17.9 Å². The van der Waals surface area contributed by atoms with Gasteiger partial charge in [-0.1, -0.05) is 24.1 Å². The highest BCUT2D eigenvalue weighted by Crippen LogP contribution is 2.32. The van der Waals surface area contributed by atoms with Crippen LogP contribution in [-0.4, -0.2) is 17.1 Å². The molecule has 2 atom stereocenters. The average Bonchev–Trinajstić information content (AvgIpc) is 2.80. The van der Waals surface area contributed by atoms with Gasteiger partial charge in [-0.05, 0) is 44.1 Å². The molecule has 4 heteroatoms. The van der Waals surface area contributed by atoms with Gasteiger partial charge in [0.15, 0.2) is 5.11 Å². The molecule has 0 aromatic heterocycles. The number of amides is 1. The molecule has 1 saturated carbocycles. The van der Waals surface area contributed by atoms with Crippen LogP contribution in [0, 0.1) is 12.8 Å². The van der Waals surface area contributed by atoms with E-state index >= 15 is 0 Å². The molecule has 18 heavy (non-hydrogen) atoms. The zero-order valence-corrected chi connectivity index (χ0v) is 11.2. The molecule has 2 fully saturated rings. The minimum absolute atomic E-state index is 0.0954. The lowest BCUT2D eigenvalue weighted by Crippen LogP contribution is -2.58. The van der Waals surface area contributed by atoms with E-state index in [1.54, 1.807) is 4.90 Å². The topological polar surface area (TPSA) is 32.3 Å². The van der Waals surface area contributed by atoms with E-state index in [1.165, 1.54) is 5.56 Å². The van der Waals surface area contributed by atoms with E-state index in [0.717, 1.165) is 24.9 Å². The van der Waals surface area contributed by atoms with Crippen LogP contribution in [-0.2, 0) is 4.79 Å². The van der Waals surface area contributed by atoms with Crippen molar-refractivity contribution in [2.45, 2.75) is 32.2 Å². The smallest absolute Gasteiger partial charge is 0.238 e. The summed E-state index contributed by atoms with van der Waals surface area (Å²) in [6.07, 6.45) is 3.14. The Labute approximate surface area is 112 Å². The Morgan fingerprint density at radius 3 is 2.72 bits per heavy atom. The SMILES string of the molecule is Cc1ccc(N2C(=O)[C@H]3CCC[C@H]3NC2=S)cc1. The number of benzene rings is 1. The second-order valence-electron chi connectivity index (χ2n) is 5.10. The molecule has 0 spiro atoms. The third-order valence-electron chi connectivity index (χ3n) is 3.86. The van der Waals surface area contributed by atoms with Crippen LogP contribution in [0.4, 0.5) is 5.69 Å². The maximum absolute atomic E-state index is 12.5. The molecule has 0 unspecified atom stereocenters. The molecule has 1 N–H and O–H groups in total. The number of nitrogens with zero attached hydrogens (tertiary/aromatic N) is 1. The number of hydrogen-bond acceptors (Lipinski definition) is 2. The second-order valence-corrected chi connectivity index (χ2v) is 5.49. The van der Waals surface area contributed by atoms with E-state index in [4.69, 9.17) is 12.2 Å². The van der Waals surface area contributed by atoms with E-state index in [2.05, 4.69) is 5.32 Å². The summed E-state index contributed by atoms with van der Waals surface area (Å²) in [5.74, 6) is 0.253. The van der Waals surface area contributed by atoms with Crippen molar-refractivity contribution in [1.82, 2.24) is 5.32 Å². The van der Waals surface area contributed by atoms with Gasteiger partial charge in [-0.25, -0.2) is 0 Å². The lowest BCUT2D eigenvalue weighted by molar-refractivity contribution is -0.122. The van der Waals surface area contributed by atoms with Gasteiger partial charge in [0.25, 0.3) is 0 Å². The van der Waals surface area contributed by atoms with Crippen LogP contribution in [0.3, 0.4) is 0 Å². The summed E-state index contributed by atoms with van der Waals surface area (Å²) in [6, 6.07) is 8.18. The number of thiocarbonyl (C=S) groups is 1. The number of anilines is 1. The summed E-state index contributed by atoms with van der Waals surface area (Å²) in [6.45, 7) is 2.03. The number of nitrogens with one attached hydrogen (secondary N) is 1. The molecule has 1 heterocycles. The highest BCUT2D eigenvalue weighted by Gasteiger charge is 2.42. The highest BCUT2D eigenvalue weighted by atomic mass is 32.1. The van der Waals surface area contributed by atoms with Gasteiger partial charge >= 0.3 is 0 Å². The van der Waals surface area contributed by atoms with Crippen LogP contribution < -0.4 is 10.2 Å². The van der Waals surface area contributed by atoms with Gasteiger partial charge in [-0.3, -0.25) is 9.69 Å². The number of carbonyl (C=O) groups excluding carboxylic acids is 1. The first-order valence-electron chi connectivity index (χ1n) is 6.38.